The summed E-state index contributed by atoms with van der Waals surface area (Å²) in [5, 5.41) is 0. The molecule has 29 heavy (non-hydrogen) atoms. The van der Waals surface area contributed by atoms with Crippen LogP contribution in [-0.2, 0) is 19.9 Å². The third kappa shape index (κ3) is 4.72. The first-order chi connectivity index (χ1) is 13.6. The second kappa shape index (κ2) is 7.80. The first-order valence-corrected chi connectivity index (χ1v) is 11.8. The van der Waals surface area contributed by atoms with E-state index in [4.69, 9.17) is 4.74 Å². The molecule has 0 aliphatic rings. The lowest BCUT2D eigenvalue weighted by atomic mass is 10.1. The van der Waals surface area contributed by atoms with Crippen molar-refractivity contribution in [1.82, 2.24) is 9.97 Å². The monoisotopic (exact) mass is 433 g/mol. The van der Waals surface area contributed by atoms with Crippen LogP contribution in [0.1, 0.15) is 5.56 Å². The standard InChI is InChI=1S/C19H19N3O5S2/c1-13-4-9-16(28(3,23)24)10-18(13)29(25,26)22-19-11-17(20-12-21-19)14-5-7-15(27-2)8-6-14/h4-12H,1-3H3,(H,20,21,22). The van der Waals surface area contributed by atoms with E-state index < -0.39 is 19.9 Å². The predicted molar refractivity (Wildman–Crippen MR) is 109 cm³/mol. The van der Waals surface area contributed by atoms with E-state index in [1.807, 2.05) is 0 Å². The maximum absolute atomic E-state index is 12.9. The Kier molecular flexibility index (Phi) is 5.58. The van der Waals surface area contributed by atoms with Gasteiger partial charge in [0.1, 0.15) is 17.9 Å². The molecule has 10 heteroatoms. The normalized spacial score (nSPS) is 11.8. The summed E-state index contributed by atoms with van der Waals surface area (Å²) in [5.74, 6) is 0.750. The van der Waals surface area contributed by atoms with Crippen molar-refractivity contribution in [3.05, 3.63) is 60.4 Å². The van der Waals surface area contributed by atoms with Gasteiger partial charge in [-0.3, -0.25) is 4.72 Å². The number of sulfonamides is 1. The maximum atomic E-state index is 12.9. The number of nitrogens with one attached hydrogen (secondary N) is 1. The molecular weight excluding hydrogens is 414 g/mol. The van der Waals surface area contributed by atoms with Crippen molar-refractivity contribution in [3.63, 3.8) is 0 Å². The molecule has 2 aromatic carbocycles. The highest BCUT2D eigenvalue weighted by atomic mass is 32.2. The van der Waals surface area contributed by atoms with Crippen LogP contribution in [0.25, 0.3) is 11.3 Å². The van der Waals surface area contributed by atoms with Crippen LogP contribution < -0.4 is 9.46 Å². The molecule has 0 saturated carbocycles. The molecule has 8 nitrogen and oxygen atoms in total. The van der Waals surface area contributed by atoms with Gasteiger partial charge in [-0.1, -0.05) is 6.07 Å². The third-order valence-electron chi connectivity index (χ3n) is 4.17. The van der Waals surface area contributed by atoms with Crippen molar-refractivity contribution in [3.8, 4) is 17.0 Å². The Bertz CT molecular complexity index is 1260. The fourth-order valence-corrected chi connectivity index (χ4v) is 4.62. The summed E-state index contributed by atoms with van der Waals surface area (Å²) in [5.41, 5.74) is 1.68. The van der Waals surface area contributed by atoms with Gasteiger partial charge >= 0.3 is 0 Å². The van der Waals surface area contributed by atoms with E-state index in [0.29, 0.717) is 17.0 Å². The largest absolute Gasteiger partial charge is 0.497 e. The fraction of sp³-hybridized carbons (Fsp3) is 0.158. The van der Waals surface area contributed by atoms with Gasteiger partial charge in [-0.2, -0.15) is 0 Å². The van der Waals surface area contributed by atoms with Crippen LogP contribution in [0.2, 0.25) is 0 Å². The highest BCUT2D eigenvalue weighted by Crippen LogP contribution is 2.25. The minimum atomic E-state index is -4.06. The zero-order valence-electron chi connectivity index (χ0n) is 15.9. The number of methoxy groups -OCH3 is 1. The average molecular weight is 434 g/mol. The van der Waals surface area contributed by atoms with Crippen molar-refractivity contribution in [2.24, 2.45) is 0 Å². The lowest BCUT2D eigenvalue weighted by Gasteiger charge is -2.12. The Labute approximate surface area is 169 Å². The minimum Gasteiger partial charge on any atom is -0.497 e. The second-order valence-corrected chi connectivity index (χ2v) is 9.99. The van der Waals surface area contributed by atoms with Crippen LogP contribution in [0, 0.1) is 6.92 Å². The molecule has 152 valence electrons. The fourth-order valence-electron chi connectivity index (χ4n) is 2.63. The van der Waals surface area contributed by atoms with Crippen molar-refractivity contribution in [2.45, 2.75) is 16.7 Å². The molecule has 3 rings (SSSR count). The minimum absolute atomic E-state index is 0.0648. The molecule has 0 fully saturated rings. The first kappa shape index (κ1) is 20.7. The van der Waals surface area contributed by atoms with Crippen LogP contribution in [0.15, 0.2) is 64.6 Å². The summed E-state index contributed by atoms with van der Waals surface area (Å²) in [7, 11) is -6.05. The number of ether oxygens (including phenoxy) is 1. The molecule has 1 heterocycles. The first-order valence-electron chi connectivity index (χ1n) is 8.40. The van der Waals surface area contributed by atoms with Gasteiger partial charge in [-0.25, -0.2) is 26.8 Å². The van der Waals surface area contributed by atoms with Crippen molar-refractivity contribution < 1.29 is 21.6 Å². The van der Waals surface area contributed by atoms with Crippen LogP contribution in [-0.4, -0.2) is 40.2 Å². The maximum Gasteiger partial charge on any atom is 0.263 e. The van der Waals surface area contributed by atoms with Gasteiger partial charge in [-0.15, -0.1) is 0 Å². The van der Waals surface area contributed by atoms with Crippen molar-refractivity contribution >= 4 is 25.7 Å². The van der Waals surface area contributed by atoms with Gasteiger partial charge in [0, 0.05) is 17.9 Å². The molecule has 0 radical (unpaired) electrons. The summed E-state index contributed by atoms with van der Waals surface area (Å²) >= 11 is 0. The van der Waals surface area contributed by atoms with E-state index in [1.165, 1.54) is 24.5 Å². The molecule has 0 bridgehead atoms. The highest BCUT2D eigenvalue weighted by Gasteiger charge is 2.21. The molecule has 0 amide bonds. The molecule has 0 spiro atoms. The van der Waals surface area contributed by atoms with Crippen LogP contribution in [0.4, 0.5) is 5.82 Å². The molecule has 1 aromatic heterocycles. The smallest absolute Gasteiger partial charge is 0.263 e. The number of nitrogens with zero attached hydrogens (tertiary/aromatic N) is 2. The number of aryl methyl sites for hydroxylation is 1. The van der Waals surface area contributed by atoms with Crippen molar-refractivity contribution in [2.75, 3.05) is 18.1 Å². The zero-order chi connectivity index (χ0) is 21.2. The summed E-state index contributed by atoms with van der Waals surface area (Å²) in [6.07, 6.45) is 2.27. The third-order valence-corrected chi connectivity index (χ3v) is 6.78. The predicted octanol–water partition coefficient (Wildman–Crippen LogP) is 2.66. The number of rotatable bonds is 6. The van der Waals surface area contributed by atoms with E-state index in [-0.39, 0.29) is 15.6 Å². The van der Waals surface area contributed by atoms with Crippen LogP contribution >= 0.6 is 0 Å². The van der Waals surface area contributed by atoms with E-state index >= 15 is 0 Å². The summed E-state index contributed by atoms with van der Waals surface area (Å²) in [6.45, 7) is 1.59. The van der Waals surface area contributed by atoms with Gasteiger partial charge in [0.25, 0.3) is 10.0 Å². The molecular formula is C19H19N3O5S2. The Morgan fingerprint density at radius 2 is 1.62 bits per heavy atom. The van der Waals surface area contributed by atoms with Gasteiger partial charge in [0.05, 0.1) is 22.6 Å². The number of anilines is 1. The quantitative estimate of drug-likeness (QED) is 0.635. The molecule has 0 unspecified atom stereocenters. The Balaban J connectivity index is 1.95. The van der Waals surface area contributed by atoms with Crippen molar-refractivity contribution in [1.29, 1.82) is 0 Å². The highest BCUT2D eigenvalue weighted by molar-refractivity contribution is 7.93. The second-order valence-electron chi connectivity index (χ2n) is 6.32. The Morgan fingerprint density at radius 1 is 0.931 bits per heavy atom. The van der Waals surface area contributed by atoms with E-state index in [1.54, 1.807) is 38.3 Å². The Hall–Kier alpha value is -2.98. The average Bonchev–Trinajstić information content (AvgIpc) is 2.67. The van der Waals surface area contributed by atoms with Gasteiger partial charge < -0.3 is 4.74 Å². The summed E-state index contributed by atoms with van der Waals surface area (Å²) in [6, 6.07) is 12.6. The van der Waals surface area contributed by atoms with Crippen LogP contribution in [0.3, 0.4) is 0 Å². The molecule has 1 N–H and O–H groups in total. The number of benzene rings is 2. The number of hydrogen-bond acceptors (Lipinski definition) is 7. The number of sulfone groups is 1. The molecule has 0 aliphatic heterocycles. The van der Waals surface area contributed by atoms with Gasteiger partial charge in [0.2, 0.25) is 0 Å². The summed E-state index contributed by atoms with van der Waals surface area (Å²) in [4.78, 5) is 7.92. The SMILES string of the molecule is COc1ccc(-c2cc(NS(=O)(=O)c3cc(S(C)(=O)=O)ccc3C)ncn2)cc1. The lowest BCUT2D eigenvalue weighted by molar-refractivity contribution is 0.415. The van der Waals surface area contributed by atoms with Gasteiger partial charge in [0.15, 0.2) is 9.84 Å². The molecule has 0 atom stereocenters. The van der Waals surface area contributed by atoms with E-state index in [2.05, 4.69) is 14.7 Å². The molecule has 0 saturated heterocycles. The topological polar surface area (TPSA) is 115 Å². The van der Waals surface area contributed by atoms with E-state index in [0.717, 1.165) is 17.9 Å². The summed E-state index contributed by atoms with van der Waals surface area (Å²) < 4.78 is 56.8. The Morgan fingerprint density at radius 3 is 2.24 bits per heavy atom. The number of aromatic nitrogens is 2. The van der Waals surface area contributed by atoms with E-state index in [9.17, 15) is 16.8 Å². The lowest BCUT2D eigenvalue weighted by Crippen LogP contribution is -2.16. The zero-order valence-corrected chi connectivity index (χ0v) is 17.6. The van der Waals surface area contributed by atoms with Crippen LogP contribution in [0.5, 0.6) is 5.75 Å². The van der Waals surface area contributed by atoms with Gasteiger partial charge in [-0.05, 0) is 48.9 Å². The number of hydrogen-bond donors (Lipinski definition) is 1. The molecule has 0 aliphatic carbocycles. The molecule has 3 aromatic rings.